The van der Waals surface area contributed by atoms with E-state index < -0.39 is 95.2 Å². The Morgan fingerprint density at radius 3 is 2.11 bits per heavy atom. The fourth-order valence-electron chi connectivity index (χ4n) is 3.41. The predicted octanol–water partition coefficient (Wildman–Crippen LogP) is -4.72. The van der Waals surface area contributed by atoms with Crippen molar-refractivity contribution in [2.24, 2.45) is 0 Å². The van der Waals surface area contributed by atoms with Gasteiger partial charge in [0, 0.05) is 6.07 Å². The van der Waals surface area contributed by atoms with Gasteiger partial charge in [0.15, 0.2) is 6.29 Å². The molecule has 0 saturated carbocycles. The average molecular weight is 566 g/mol. The van der Waals surface area contributed by atoms with Gasteiger partial charge in [-0.05, 0) is 0 Å². The lowest BCUT2D eigenvalue weighted by Crippen LogP contribution is -2.58. The van der Waals surface area contributed by atoms with Gasteiger partial charge in [0.25, 0.3) is 5.56 Å². The van der Waals surface area contributed by atoms with Crippen LogP contribution in [0.2, 0.25) is 0 Å². The molecule has 0 radical (unpaired) electrons. The van der Waals surface area contributed by atoms with Crippen molar-refractivity contribution < 1.29 is 72.4 Å². The maximum absolute atomic E-state index is 12.2. The zero-order chi connectivity index (χ0) is 27.0. The summed E-state index contributed by atoms with van der Waals surface area (Å²) in [6, 6.07) is 0.865. The minimum absolute atomic E-state index is 0.228. The van der Waals surface area contributed by atoms with E-state index in [0.29, 0.717) is 0 Å². The fraction of sp³-hybridized carbons (Fsp3) is 0.733. The van der Waals surface area contributed by atoms with Crippen LogP contribution in [0.1, 0.15) is 11.8 Å². The largest absolute Gasteiger partial charge is 0.483 e. The molecule has 11 atom stereocenters. The van der Waals surface area contributed by atoms with Crippen LogP contribution in [0.4, 0.5) is 0 Å². The quantitative estimate of drug-likeness (QED) is 0.125. The van der Waals surface area contributed by atoms with Gasteiger partial charge in [0.05, 0.1) is 18.9 Å². The second-order valence-electron chi connectivity index (χ2n) is 7.74. The smallest absolute Gasteiger partial charge is 0.394 e. The van der Waals surface area contributed by atoms with Gasteiger partial charge in [-0.2, -0.15) is 4.31 Å². The van der Waals surface area contributed by atoms with Gasteiger partial charge in [-0.3, -0.25) is 18.8 Å². The summed E-state index contributed by atoms with van der Waals surface area (Å²) in [4.78, 5) is 46.5. The molecular formula is C15H24N2O17P2. The van der Waals surface area contributed by atoms with Crippen LogP contribution >= 0.6 is 15.6 Å². The lowest BCUT2D eigenvalue weighted by Gasteiger charge is -2.39. The number of hydrogen-bond donors (Lipinski definition) is 10. The Labute approximate surface area is 199 Å². The molecule has 206 valence electrons. The fourth-order valence-corrected chi connectivity index (χ4v) is 5.57. The minimum Gasteiger partial charge on any atom is -0.394 e. The van der Waals surface area contributed by atoms with Gasteiger partial charge in [-0.1, -0.05) is 0 Å². The molecule has 0 aliphatic carbocycles. The maximum atomic E-state index is 12.2. The Morgan fingerprint density at radius 1 is 0.861 bits per heavy atom. The van der Waals surface area contributed by atoms with Crippen molar-refractivity contribution in [2.45, 2.75) is 55.1 Å². The highest BCUT2D eigenvalue weighted by molar-refractivity contribution is 7.61. The topological polar surface area (TPSA) is 308 Å². The molecule has 0 spiro atoms. The third kappa shape index (κ3) is 6.73. The van der Waals surface area contributed by atoms with Crippen LogP contribution in [-0.4, -0.2) is 113 Å². The monoisotopic (exact) mass is 566 g/mol. The van der Waals surface area contributed by atoms with Crippen molar-refractivity contribution in [1.82, 2.24) is 9.97 Å². The van der Waals surface area contributed by atoms with E-state index in [1.54, 1.807) is 0 Å². The summed E-state index contributed by atoms with van der Waals surface area (Å²) in [5.41, 5.74) is -2.01. The standard InChI is InChI=1S/C15H24N2O17P2/c18-2-5-8(20)10(22)12(24)14(32-5)33-36(28,29)34-35(26,27)30-3-6-9(21)11(23)13(31-6)4-1-7(19)17-15(25)16-4/h1,5-6,8-14,18,20-24H,2-3H2,(H,26,27)(H,28,29)(H2,16,17,19,25)/t5-,6-,8+,9-,10+,11-,12-,13+,14-/m1/s1. The molecule has 36 heavy (non-hydrogen) atoms. The zero-order valence-corrected chi connectivity index (χ0v) is 19.6. The van der Waals surface area contributed by atoms with Gasteiger partial charge >= 0.3 is 21.3 Å². The van der Waals surface area contributed by atoms with Crippen LogP contribution in [0, 0.1) is 0 Å². The Hall–Kier alpha value is -1.38. The molecule has 19 nitrogen and oxygen atoms in total. The summed E-state index contributed by atoms with van der Waals surface area (Å²) in [7, 11) is -11.1. The van der Waals surface area contributed by atoms with Crippen molar-refractivity contribution in [3.63, 3.8) is 0 Å². The molecule has 2 fully saturated rings. The number of ether oxygens (including phenoxy) is 2. The van der Waals surface area contributed by atoms with Crippen LogP contribution < -0.4 is 11.2 Å². The maximum Gasteiger partial charge on any atom is 0.483 e. The van der Waals surface area contributed by atoms with E-state index in [1.807, 2.05) is 4.98 Å². The highest BCUT2D eigenvalue weighted by Gasteiger charge is 2.49. The number of phosphoric ester groups is 2. The normalized spacial score (nSPS) is 38.4. The van der Waals surface area contributed by atoms with Crippen molar-refractivity contribution in [2.75, 3.05) is 13.2 Å². The number of aliphatic hydroxyl groups excluding tert-OH is 6. The lowest BCUT2D eigenvalue weighted by atomic mass is 10.00. The number of nitrogens with one attached hydrogen (secondary N) is 2. The number of rotatable bonds is 9. The summed E-state index contributed by atoms with van der Waals surface area (Å²) in [5.74, 6) is 0. The van der Waals surface area contributed by atoms with Crippen molar-refractivity contribution in [1.29, 1.82) is 0 Å². The zero-order valence-electron chi connectivity index (χ0n) is 17.8. The lowest BCUT2D eigenvalue weighted by molar-refractivity contribution is -0.280. The van der Waals surface area contributed by atoms with Gasteiger partial charge in [-0.25, -0.2) is 13.9 Å². The second-order valence-corrected chi connectivity index (χ2v) is 10.7. The van der Waals surface area contributed by atoms with Crippen LogP contribution in [0.15, 0.2) is 15.7 Å². The van der Waals surface area contributed by atoms with Crippen LogP contribution in [0.3, 0.4) is 0 Å². The van der Waals surface area contributed by atoms with E-state index >= 15 is 0 Å². The molecule has 3 heterocycles. The van der Waals surface area contributed by atoms with Gasteiger partial charge < -0.3 is 54.9 Å². The van der Waals surface area contributed by atoms with E-state index in [4.69, 9.17) is 14.6 Å². The van der Waals surface area contributed by atoms with E-state index in [1.165, 1.54) is 0 Å². The van der Waals surface area contributed by atoms with E-state index in [0.717, 1.165) is 6.07 Å². The Kier molecular flexibility index (Phi) is 9.05. The van der Waals surface area contributed by atoms with Gasteiger partial charge in [0.2, 0.25) is 0 Å². The van der Waals surface area contributed by atoms with E-state index in [9.17, 15) is 54.0 Å². The van der Waals surface area contributed by atoms with Crippen molar-refractivity contribution in [3.8, 4) is 0 Å². The number of hydrogen-bond acceptors (Lipinski definition) is 15. The van der Waals surface area contributed by atoms with Gasteiger partial charge in [-0.15, -0.1) is 0 Å². The minimum atomic E-state index is -5.59. The Bertz CT molecular complexity index is 1100. The predicted molar refractivity (Wildman–Crippen MR) is 109 cm³/mol. The molecule has 3 rings (SSSR count). The number of H-pyrrole nitrogens is 2. The number of aliphatic hydroxyl groups is 6. The molecule has 2 unspecified atom stereocenters. The summed E-state index contributed by atoms with van der Waals surface area (Å²) in [6.45, 7) is -1.92. The number of aromatic nitrogens is 2. The Balaban J connectivity index is 1.61. The van der Waals surface area contributed by atoms with Crippen molar-refractivity contribution in [3.05, 3.63) is 32.6 Å². The summed E-state index contributed by atoms with van der Waals surface area (Å²) >= 11 is 0. The highest BCUT2D eigenvalue weighted by Crippen LogP contribution is 2.61. The molecule has 2 aliphatic heterocycles. The first kappa shape index (κ1) is 29.2. The molecular weight excluding hydrogens is 542 g/mol. The second kappa shape index (κ2) is 11.2. The molecule has 1 aromatic heterocycles. The average Bonchev–Trinajstić information content (AvgIpc) is 3.05. The first-order valence-corrected chi connectivity index (χ1v) is 13.0. The summed E-state index contributed by atoms with van der Waals surface area (Å²) in [6.07, 6.45) is -16.2. The van der Waals surface area contributed by atoms with E-state index in [2.05, 4.69) is 18.3 Å². The molecule has 1 aromatic rings. The Morgan fingerprint density at radius 2 is 1.50 bits per heavy atom. The van der Waals surface area contributed by atoms with Crippen LogP contribution in [0.5, 0.6) is 0 Å². The third-order valence-corrected chi connectivity index (χ3v) is 7.74. The SMILES string of the molecule is O=c1cc([C@@H]2O[C@H](COP(=O)(O)OP(=O)(O)O[C@H]3O[C@H](CO)[C@H](O)[C@H](O)[C@H]3O)[C@@H](O)[C@H]2O)[nH]c(=O)[nH]1. The summed E-state index contributed by atoms with van der Waals surface area (Å²) < 4.78 is 47.4. The van der Waals surface area contributed by atoms with E-state index in [-0.39, 0.29) is 5.69 Å². The first-order chi connectivity index (χ1) is 16.6. The molecule has 0 aromatic carbocycles. The van der Waals surface area contributed by atoms with Crippen LogP contribution in [-0.2, 0) is 32.0 Å². The highest BCUT2D eigenvalue weighted by atomic mass is 31.3. The number of phosphoric acid groups is 2. The molecule has 10 N–H and O–H groups in total. The van der Waals surface area contributed by atoms with Crippen LogP contribution in [0.25, 0.3) is 0 Å². The molecule has 0 bridgehead atoms. The summed E-state index contributed by atoms with van der Waals surface area (Å²) in [5, 5.41) is 58.6. The first-order valence-electron chi connectivity index (χ1n) is 9.99. The molecule has 2 aliphatic rings. The third-order valence-electron chi connectivity index (χ3n) is 5.14. The molecule has 2 saturated heterocycles. The molecule has 21 heteroatoms. The van der Waals surface area contributed by atoms with Crippen molar-refractivity contribution >= 4 is 15.6 Å². The van der Waals surface area contributed by atoms with Gasteiger partial charge in [0.1, 0.15) is 48.8 Å². The number of aromatic amines is 2. The molecule has 0 amide bonds.